The Morgan fingerprint density at radius 2 is 1.52 bits per heavy atom. The number of nitrogens with one attached hydrogen (secondary N) is 1. The summed E-state index contributed by atoms with van der Waals surface area (Å²) >= 11 is 0. The van der Waals surface area contributed by atoms with E-state index in [2.05, 4.69) is 105 Å². The molecule has 2 N–H and O–H groups in total. The van der Waals surface area contributed by atoms with Crippen LogP contribution in [0.3, 0.4) is 0 Å². The van der Waals surface area contributed by atoms with Crippen LogP contribution >= 0.6 is 0 Å². The zero-order valence-electron chi connectivity index (χ0n) is 27.7. The lowest BCUT2D eigenvalue weighted by Gasteiger charge is -2.19. The smallest absolute Gasteiger partial charge is 0.264 e. The van der Waals surface area contributed by atoms with E-state index in [1.807, 2.05) is 35.2 Å². The zero-order chi connectivity index (χ0) is 33.9. The van der Waals surface area contributed by atoms with E-state index in [1.165, 1.54) is 6.92 Å². The standard InChI is InChI=1S/C36H46N4O5S/c1-27(41)35(24-26-46(43,44)45)37-36(42)9-7-8-25-40(6)33-17-10-28(11-18-33)12-23-34(29-13-19-31(20-14-29)38(2)3)30-15-21-32(22-16-30)39(4)5/h10-23,35H,7-9,24-26H2,1-6H3,(H-,37,42,43,44,45)/p+1. The molecular formula is C36H47N4O5S+. The third-order valence-electron chi connectivity index (χ3n) is 7.80. The van der Waals surface area contributed by atoms with Crippen LogP contribution < -0.4 is 15.1 Å². The number of carbonyl (C=O) groups is 2. The fraction of sp³-hybridized carbons (Fsp3) is 0.361. The highest BCUT2D eigenvalue weighted by molar-refractivity contribution is 7.85. The zero-order valence-corrected chi connectivity index (χ0v) is 28.5. The minimum absolute atomic E-state index is 0.152. The summed E-state index contributed by atoms with van der Waals surface area (Å²) in [4.78, 5) is 28.3. The van der Waals surface area contributed by atoms with Crippen molar-refractivity contribution < 1.29 is 27.1 Å². The van der Waals surface area contributed by atoms with Gasteiger partial charge in [-0.15, -0.1) is 0 Å². The van der Waals surface area contributed by atoms with Crippen molar-refractivity contribution in [1.29, 1.82) is 0 Å². The number of amides is 1. The number of allylic oxidation sites excluding steroid dienone is 7. The summed E-state index contributed by atoms with van der Waals surface area (Å²) in [7, 11) is 5.94. The molecule has 0 radical (unpaired) electrons. The van der Waals surface area contributed by atoms with Gasteiger partial charge in [0.05, 0.1) is 11.8 Å². The van der Waals surface area contributed by atoms with Crippen molar-refractivity contribution in [3.05, 3.63) is 95.6 Å². The first-order chi connectivity index (χ1) is 21.7. The number of Topliss-reactive ketones (excluding diaryl/α,β-unsaturated/α-hetero) is 1. The van der Waals surface area contributed by atoms with Crippen LogP contribution in [0.5, 0.6) is 0 Å². The number of benzene rings is 2. The van der Waals surface area contributed by atoms with Gasteiger partial charge in [-0.05, 0) is 84.9 Å². The lowest BCUT2D eigenvalue weighted by Crippen LogP contribution is -2.40. The molecule has 2 aromatic carbocycles. The summed E-state index contributed by atoms with van der Waals surface area (Å²) in [5.41, 5.74) is 7.84. The number of unbranched alkanes of at least 4 members (excludes halogenated alkanes) is 1. The van der Waals surface area contributed by atoms with Gasteiger partial charge in [0, 0.05) is 57.6 Å². The Hall–Kier alpha value is -4.28. The molecule has 1 unspecified atom stereocenters. The predicted molar refractivity (Wildman–Crippen MR) is 189 cm³/mol. The predicted octanol–water partition coefficient (Wildman–Crippen LogP) is 5.02. The van der Waals surface area contributed by atoms with E-state index < -0.39 is 21.9 Å². The van der Waals surface area contributed by atoms with Crippen LogP contribution in [0.25, 0.3) is 11.6 Å². The average Bonchev–Trinajstić information content (AvgIpc) is 3.01. The third kappa shape index (κ3) is 11.6. The van der Waals surface area contributed by atoms with E-state index in [9.17, 15) is 18.0 Å². The number of hydrogen-bond acceptors (Lipinski definition) is 6. The average molecular weight is 648 g/mol. The maximum Gasteiger partial charge on any atom is 0.264 e. The molecule has 10 heteroatoms. The van der Waals surface area contributed by atoms with Crippen molar-refractivity contribution in [2.75, 3.05) is 57.3 Å². The van der Waals surface area contributed by atoms with Gasteiger partial charge in [0.2, 0.25) is 5.91 Å². The van der Waals surface area contributed by atoms with Gasteiger partial charge in [-0.1, -0.05) is 36.4 Å². The Bertz CT molecular complexity index is 1610. The van der Waals surface area contributed by atoms with Gasteiger partial charge in [-0.2, -0.15) is 8.42 Å². The fourth-order valence-electron chi connectivity index (χ4n) is 4.93. The molecule has 1 amide bonds. The molecular weight excluding hydrogens is 600 g/mol. The van der Waals surface area contributed by atoms with E-state index in [1.54, 1.807) is 0 Å². The second-order valence-electron chi connectivity index (χ2n) is 11.9. The molecule has 0 aliphatic heterocycles. The first-order valence-corrected chi connectivity index (χ1v) is 17.0. The van der Waals surface area contributed by atoms with Crippen LogP contribution in [0.1, 0.15) is 43.7 Å². The lowest BCUT2D eigenvalue weighted by molar-refractivity contribution is -0.462. The Balaban J connectivity index is 1.61. The topological polar surface area (TPSA) is 110 Å². The Kier molecular flexibility index (Phi) is 13.3. The first-order valence-electron chi connectivity index (χ1n) is 15.4. The van der Waals surface area contributed by atoms with Crippen molar-refractivity contribution in [2.45, 2.75) is 38.6 Å². The molecule has 0 spiro atoms. The van der Waals surface area contributed by atoms with E-state index in [4.69, 9.17) is 4.55 Å². The highest BCUT2D eigenvalue weighted by Gasteiger charge is 2.19. The maximum atomic E-state index is 12.3. The second kappa shape index (κ2) is 16.9. The molecule has 9 nitrogen and oxygen atoms in total. The molecule has 1 aliphatic rings. The van der Waals surface area contributed by atoms with Crippen molar-refractivity contribution in [3.8, 4) is 0 Å². The molecule has 246 valence electrons. The van der Waals surface area contributed by atoms with Crippen molar-refractivity contribution >= 4 is 50.5 Å². The van der Waals surface area contributed by atoms with Crippen LogP contribution in [-0.4, -0.2) is 88.5 Å². The molecule has 0 bridgehead atoms. The molecule has 0 saturated carbocycles. The van der Waals surface area contributed by atoms with Crippen LogP contribution in [0, 0.1) is 0 Å². The largest absolute Gasteiger partial charge is 0.378 e. The SMILES string of the molecule is CC(=O)C(CCS(=O)(=O)O)NC(=O)CCCCN(C)c1ccc(/C=C/C(=C2C=CC(=[N+](C)C)C=C2)c2ccc(N(C)C)cc2)cc1. The summed E-state index contributed by atoms with van der Waals surface area (Å²) in [5.74, 6) is -1.24. The Morgan fingerprint density at radius 3 is 2.07 bits per heavy atom. The maximum absolute atomic E-state index is 12.3. The van der Waals surface area contributed by atoms with Crippen LogP contribution in [0.15, 0.2) is 84.5 Å². The second-order valence-corrected chi connectivity index (χ2v) is 13.5. The molecule has 0 fully saturated rings. The van der Waals surface area contributed by atoms with Crippen molar-refractivity contribution in [1.82, 2.24) is 5.32 Å². The van der Waals surface area contributed by atoms with Gasteiger partial charge < -0.3 is 15.1 Å². The van der Waals surface area contributed by atoms with E-state index in [0.717, 1.165) is 52.3 Å². The molecule has 3 rings (SSSR count). The number of ketones is 1. The number of nitrogens with zero attached hydrogens (tertiary/aromatic N) is 3. The lowest BCUT2D eigenvalue weighted by atomic mass is 9.95. The quantitative estimate of drug-likeness (QED) is 0.159. The summed E-state index contributed by atoms with van der Waals surface area (Å²) in [6.45, 7) is 2.03. The normalized spacial score (nSPS) is 13.5. The summed E-state index contributed by atoms with van der Waals surface area (Å²) in [6.07, 6.45) is 14.3. The molecule has 0 heterocycles. The molecule has 0 aromatic heterocycles. The molecule has 1 atom stereocenters. The fourth-order valence-corrected chi connectivity index (χ4v) is 5.46. The van der Waals surface area contributed by atoms with Crippen LogP contribution in [0.4, 0.5) is 11.4 Å². The Labute approximate surface area is 274 Å². The van der Waals surface area contributed by atoms with Gasteiger partial charge in [0.15, 0.2) is 11.5 Å². The third-order valence-corrected chi connectivity index (χ3v) is 8.56. The minimum atomic E-state index is -4.20. The summed E-state index contributed by atoms with van der Waals surface area (Å²) in [6, 6.07) is 16.0. The van der Waals surface area contributed by atoms with Gasteiger partial charge in [0.1, 0.15) is 14.1 Å². The van der Waals surface area contributed by atoms with Crippen LogP contribution in [-0.2, 0) is 19.7 Å². The van der Waals surface area contributed by atoms with E-state index >= 15 is 0 Å². The first kappa shape index (κ1) is 36.2. The molecule has 2 aromatic rings. The molecule has 0 saturated heterocycles. The number of hydrogen-bond donors (Lipinski definition) is 2. The minimum Gasteiger partial charge on any atom is -0.378 e. The van der Waals surface area contributed by atoms with Gasteiger partial charge in [-0.3, -0.25) is 14.1 Å². The molecule has 1 aliphatic carbocycles. The number of carbonyl (C=O) groups excluding carboxylic acids is 2. The Morgan fingerprint density at radius 1 is 0.913 bits per heavy atom. The summed E-state index contributed by atoms with van der Waals surface area (Å²) < 4.78 is 33.0. The highest BCUT2D eigenvalue weighted by Crippen LogP contribution is 2.27. The molecule has 46 heavy (non-hydrogen) atoms. The van der Waals surface area contributed by atoms with E-state index in [-0.39, 0.29) is 24.5 Å². The monoisotopic (exact) mass is 647 g/mol. The van der Waals surface area contributed by atoms with Gasteiger partial charge in [0.25, 0.3) is 10.1 Å². The van der Waals surface area contributed by atoms with Gasteiger partial charge in [-0.25, -0.2) is 4.58 Å². The van der Waals surface area contributed by atoms with E-state index in [0.29, 0.717) is 6.42 Å². The number of rotatable bonds is 15. The highest BCUT2D eigenvalue weighted by atomic mass is 32.2. The van der Waals surface area contributed by atoms with Crippen molar-refractivity contribution in [3.63, 3.8) is 0 Å². The van der Waals surface area contributed by atoms with Gasteiger partial charge >= 0.3 is 0 Å². The van der Waals surface area contributed by atoms with Crippen LogP contribution in [0.2, 0.25) is 0 Å². The van der Waals surface area contributed by atoms with Crippen molar-refractivity contribution in [2.24, 2.45) is 0 Å². The summed E-state index contributed by atoms with van der Waals surface area (Å²) in [5, 5.41) is 2.58. The number of anilines is 2.